The van der Waals surface area contributed by atoms with Crippen molar-refractivity contribution in [2.45, 2.75) is 0 Å². The van der Waals surface area contributed by atoms with E-state index in [0.29, 0.717) is 6.61 Å². The first-order chi connectivity index (χ1) is 2.41. The van der Waals surface area contributed by atoms with E-state index in [2.05, 4.69) is 4.74 Å². The molecule has 0 spiro atoms. The summed E-state index contributed by atoms with van der Waals surface area (Å²) in [5, 5.41) is 7.94. The fourth-order valence-electron chi connectivity index (χ4n) is 0.0913. The van der Waals surface area contributed by atoms with Crippen LogP contribution >= 0.6 is 0 Å². The van der Waals surface area contributed by atoms with Crippen molar-refractivity contribution in [2.75, 3.05) is 20.3 Å². The molecular formula is C3H8Cl3InO2. The second-order valence-corrected chi connectivity index (χ2v) is 0.716. The molecule has 0 aromatic heterocycles. The molecule has 0 aliphatic heterocycles. The van der Waals surface area contributed by atoms with Crippen LogP contribution in [0.4, 0.5) is 0 Å². The molecule has 1 N–H and O–H groups in total. The zero-order chi connectivity index (χ0) is 4.12. The summed E-state index contributed by atoms with van der Waals surface area (Å²) in [6, 6.07) is 0. The number of hydrogen-bond acceptors (Lipinski definition) is 2. The van der Waals surface area contributed by atoms with Crippen LogP contribution in [0.5, 0.6) is 0 Å². The minimum Gasteiger partial charge on any atom is -1.00 e. The number of methoxy groups -OCH3 is 1. The molecule has 56 valence electrons. The Kier molecular flexibility index (Phi) is 115. The van der Waals surface area contributed by atoms with Gasteiger partial charge in [0.1, 0.15) is 0 Å². The summed E-state index contributed by atoms with van der Waals surface area (Å²) in [4.78, 5) is 0. The van der Waals surface area contributed by atoms with Gasteiger partial charge in [-0.1, -0.05) is 0 Å². The Bertz CT molecular complexity index is 24.5. The minimum absolute atomic E-state index is 0. The Morgan fingerprint density at radius 2 is 1.56 bits per heavy atom. The topological polar surface area (TPSA) is 29.5 Å². The molecule has 0 amide bonds. The predicted octanol–water partition coefficient (Wildman–Crippen LogP) is -9.74. The van der Waals surface area contributed by atoms with Gasteiger partial charge in [0, 0.05) is 7.11 Å². The molecular weight excluding hydrogens is 289 g/mol. The van der Waals surface area contributed by atoms with Crippen LogP contribution in [0, 0.1) is 0 Å². The van der Waals surface area contributed by atoms with E-state index in [4.69, 9.17) is 5.11 Å². The van der Waals surface area contributed by atoms with E-state index in [0.717, 1.165) is 0 Å². The van der Waals surface area contributed by atoms with Crippen molar-refractivity contribution in [3.05, 3.63) is 0 Å². The van der Waals surface area contributed by atoms with Gasteiger partial charge >= 0.3 is 25.8 Å². The van der Waals surface area contributed by atoms with Gasteiger partial charge in [-0.25, -0.2) is 0 Å². The maximum atomic E-state index is 7.94. The maximum Gasteiger partial charge on any atom is 3.00 e. The molecule has 0 radical (unpaired) electrons. The number of hydrogen-bond donors (Lipinski definition) is 1. The third-order valence-corrected chi connectivity index (χ3v) is 0.295. The van der Waals surface area contributed by atoms with E-state index < -0.39 is 0 Å². The van der Waals surface area contributed by atoms with Crippen molar-refractivity contribution in [1.29, 1.82) is 0 Å². The van der Waals surface area contributed by atoms with Gasteiger partial charge in [-0.2, -0.15) is 0 Å². The molecule has 0 atom stereocenters. The zero-order valence-corrected chi connectivity index (χ0v) is 10.5. The summed E-state index contributed by atoms with van der Waals surface area (Å²) in [6.45, 7) is 0.566. The van der Waals surface area contributed by atoms with Crippen molar-refractivity contribution in [3.8, 4) is 0 Å². The molecule has 0 bridgehead atoms. The van der Waals surface area contributed by atoms with E-state index in [-0.39, 0.29) is 69.7 Å². The molecule has 2 nitrogen and oxygen atoms in total. The number of ether oxygens (including phenoxy) is 1. The molecule has 0 heterocycles. The van der Waals surface area contributed by atoms with Crippen LogP contribution in [0.15, 0.2) is 0 Å². The van der Waals surface area contributed by atoms with Crippen LogP contribution in [0.25, 0.3) is 0 Å². The van der Waals surface area contributed by atoms with Gasteiger partial charge in [0.15, 0.2) is 0 Å². The second-order valence-electron chi connectivity index (χ2n) is 0.716. The van der Waals surface area contributed by atoms with Crippen LogP contribution < -0.4 is 37.2 Å². The Labute approximate surface area is 92.7 Å². The standard InChI is InChI=1S/C3H8O2.3ClH.In/c1-5-3-2-4;;;;/h4H,2-3H2,1H3;3*1H;/q;;;;+3/p-3. The van der Waals surface area contributed by atoms with Gasteiger partial charge in [-0.05, 0) is 0 Å². The van der Waals surface area contributed by atoms with Crippen LogP contribution in [-0.2, 0) is 4.74 Å². The molecule has 0 aliphatic rings. The summed E-state index contributed by atoms with van der Waals surface area (Å²) in [6.07, 6.45) is 0. The van der Waals surface area contributed by atoms with E-state index in [9.17, 15) is 0 Å². The Hall–Kier alpha value is 1.66. The fourth-order valence-corrected chi connectivity index (χ4v) is 0.0913. The fraction of sp³-hybridized carbons (Fsp3) is 1.00. The molecule has 0 saturated carbocycles. The first kappa shape index (κ1) is 31.1. The molecule has 0 aromatic rings. The smallest absolute Gasteiger partial charge is 1.00 e. The van der Waals surface area contributed by atoms with E-state index in [1.165, 1.54) is 0 Å². The molecule has 0 unspecified atom stereocenters. The van der Waals surface area contributed by atoms with Crippen molar-refractivity contribution in [1.82, 2.24) is 0 Å². The monoisotopic (exact) mass is 296 g/mol. The average molecular weight is 297 g/mol. The summed E-state index contributed by atoms with van der Waals surface area (Å²) in [7, 11) is 1.55. The molecule has 0 rings (SSSR count). The molecule has 0 aliphatic carbocycles. The number of aliphatic hydroxyl groups excluding tert-OH is 1. The quantitative estimate of drug-likeness (QED) is 0.549. The first-order valence-corrected chi connectivity index (χ1v) is 1.51. The second kappa shape index (κ2) is 33.4. The van der Waals surface area contributed by atoms with Crippen LogP contribution in [0.3, 0.4) is 0 Å². The summed E-state index contributed by atoms with van der Waals surface area (Å²) >= 11 is 0. The van der Waals surface area contributed by atoms with Crippen molar-refractivity contribution in [2.24, 2.45) is 0 Å². The van der Waals surface area contributed by atoms with Gasteiger partial charge in [0.25, 0.3) is 0 Å². The van der Waals surface area contributed by atoms with Gasteiger partial charge in [-0.3, -0.25) is 0 Å². The van der Waals surface area contributed by atoms with Gasteiger partial charge in [0.2, 0.25) is 0 Å². The Morgan fingerprint density at radius 1 is 1.22 bits per heavy atom. The van der Waals surface area contributed by atoms with Gasteiger partial charge < -0.3 is 47.1 Å². The molecule has 0 saturated heterocycles. The van der Waals surface area contributed by atoms with Crippen LogP contribution in [0.2, 0.25) is 0 Å². The summed E-state index contributed by atoms with van der Waals surface area (Å²) in [5.74, 6) is 0. The molecule has 9 heavy (non-hydrogen) atoms. The van der Waals surface area contributed by atoms with Crippen molar-refractivity contribution < 1.29 is 47.1 Å². The first-order valence-electron chi connectivity index (χ1n) is 1.51. The Balaban J connectivity index is -0.0000000133. The minimum atomic E-state index is 0. The SMILES string of the molecule is COCCO.[Cl-].[Cl-].[Cl-].[In+3]. The Morgan fingerprint density at radius 3 is 1.56 bits per heavy atom. The van der Waals surface area contributed by atoms with Gasteiger partial charge in [0.05, 0.1) is 13.2 Å². The zero-order valence-electron chi connectivity index (χ0n) is 4.98. The third-order valence-electron chi connectivity index (χ3n) is 0.295. The van der Waals surface area contributed by atoms with E-state index in [1.54, 1.807) is 7.11 Å². The molecule has 6 heteroatoms. The van der Waals surface area contributed by atoms with Crippen molar-refractivity contribution >= 4 is 25.8 Å². The molecule has 0 fully saturated rings. The molecule has 0 aromatic carbocycles. The van der Waals surface area contributed by atoms with Crippen LogP contribution in [-0.4, -0.2) is 51.3 Å². The largest absolute Gasteiger partial charge is 3.00 e. The maximum absolute atomic E-state index is 7.94. The average Bonchev–Trinajstić information content (AvgIpc) is 1.41. The van der Waals surface area contributed by atoms with Gasteiger partial charge in [-0.15, -0.1) is 0 Å². The number of aliphatic hydroxyl groups is 1. The van der Waals surface area contributed by atoms with Crippen LogP contribution in [0.1, 0.15) is 0 Å². The normalized spacial score (nSPS) is 4.67. The summed E-state index contributed by atoms with van der Waals surface area (Å²) in [5.41, 5.74) is 0. The predicted molar refractivity (Wildman–Crippen MR) is 24.7 cm³/mol. The third kappa shape index (κ3) is 42.3. The number of halogens is 3. The number of rotatable bonds is 2. The van der Waals surface area contributed by atoms with E-state index in [1.807, 2.05) is 0 Å². The summed E-state index contributed by atoms with van der Waals surface area (Å²) < 4.78 is 4.44. The van der Waals surface area contributed by atoms with E-state index >= 15 is 0 Å². The van der Waals surface area contributed by atoms with Crippen molar-refractivity contribution in [3.63, 3.8) is 0 Å².